The van der Waals surface area contributed by atoms with Crippen LogP contribution in [0.2, 0.25) is 0 Å². The van der Waals surface area contributed by atoms with Gasteiger partial charge in [-0.05, 0) is 44.5 Å². The third kappa shape index (κ3) is 1.83. The van der Waals surface area contributed by atoms with Crippen molar-refractivity contribution in [2.75, 3.05) is 20.7 Å². The summed E-state index contributed by atoms with van der Waals surface area (Å²) in [7, 11) is 3.70. The second-order valence-corrected chi connectivity index (χ2v) is 7.44. The zero-order valence-electron chi connectivity index (χ0n) is 14.3. The average Bonchev–Trinajstić information content (AvgIpc) is 2.98. The van der Waals surface area contributed by atoms with Crippen LogP contribution in [0.1, 0.15) is 30.4 Å². The first kappa shape index (κ1) is 17.1. The van der Waals surface area contributed by atoms with Crippen LogP contribution in [0.5, 0.6) is 11.5 Å². The summed E-state index contributed by atoms with van der Waals surface area (Å²) in [5, 5.41) is 11.7. The number of carbonyl (C=O) groups excluding carboxylic acids is 1. The van der Waals surface area contributed by atoms with E-state index in [9.17, 15) is 9.90 Å². The minimum Gasteiger partial charge on any atom is -0.493 e. The fourth-order valence-corrected chi connectivity index (χ4v) is 5.69. The highest BCUT2D eigenvalue weighted by atomic mass is 35.5. The molecule has 6 nitrogen and oxygen atoms in total. The fraction of sp³-hybridized carbons (Fsp3) is 0.611. The van der Waals surface area contributed by atoms with Crippen LogP contribution < -0.4 is 9.47 Å². The van der Waals surface area contributed by atoms with Gasteiger partial charge in [-0.25, -0.2) is 0 Å². The molecule has 2 bridgehead atoms. The van der Waals surface area contributed by atoms with Gasteiger partial charge in [0.15, 0.2) is 23.4 Å². The van der Waals surface area contributed by atoms with E-state index >= 15 is 0 Å². The molecule has 1 aromatic rings. The summed E-state index contributed by atoms with van der Waals surface area (Å²) in [5.41, 5.74) is 0.737. The number of methoxy groups -OCH3 is 1. The second-order valence-electron chi connectivity index (χ2n) is 7.44. The molecular formula is C18H22ClNO5. The maximum absolute atomic E-state index is 12.7. The molecule has 4 atom stereocenters. The number of rotatable bonds is 1. The number of hydrogen-bond donors (Lipinski definition) is 2. The fourth-order valence-electron chi connectivity index (χ4n) is 5.69. The molecular weight excluding hydrogens is 346 g/mol. The van der Waals surface area contributed by atoms with Crippen LogP contribution in [0.25, 0.3) is 0 Å². The lowest BCUT2D eigenvalue weighted by atomic mass is 9.49. The predicted octanol–water partition coefficient (Wildman–Crippen LogP) is 1.18. The highest BCUT2D eigenvalue weighted by Gasteiger charge is 2.72. The number of ketones is 1. The van der Waals surface area contributed by atoms with Gasteiger partial charge in [0.25, 0.3) is 0 Å². The van der Waals surface area contributed by atoms with Gasteiger partial charge >= 0.3 is 0 Å². The van der Waals surface area contributed by atoms with Gasteiger partial charge in [0.1, 0.15) is 0 Å². The Kier molecular flexibility index (Phi) is 3.81. The zero-order chi connectivity index (χ0) is 18.0. The third-order valence-electron chi connectivity index (χ3n) is 6.73. The number of nitrogens with zero attached hydrogens (tertiary/aromatic N) is 1. The number of hydrogen-bond acceptors (Lipinski definition) is 6. The molecule has 1 aromatic carbocycles. The van der Waals surface area contributed by atoms with Crippen LogP contribution in [0.4, 0.5) is 0 Å². The summed E-state index contributed by atoms with van der Waals surface area (Å²) < 4.78 is 18.1. The summed E-state index contributed by atoms with van der Waals surface area (Å²) in [6.07, 6.45) is 1.89. The molecule has 2 aliphatic heterocycles. The zero-order valence-corrected chi connectivity index (χ0v) is 15.0. The molecule has 5 rings (SSSR count). The number of aliphatic hydroxyl groups is 1. The summed E-state index contributed by atoms with van der Waals surface area (Å²) >= 11 is 3.64. The second kappa shape index (κ2) is 5.58. The van der Waals surface area contributed by atoms with Crippen LogP contribution in [0.15, 0.2) is 12.1 Å². The summed E-state index contributed by atoms with van der Waals surface area (Å²) in [5.74, 6) is 1.47. The van der Waals surface area contributed by atoms with E-state index in [0.717, 1.165) is 24.9 Å². The topological polar surface area (TPSA) is 79.2 Å². The third-order valence-corrected chi connectivity index (χ3v) is 6.73. The van der Waals surface area contributed by atoms with Crippen LogP contribution in [0, 0.1) is 0 Å². The molecule has 1 saturated carbocycles. The van der Waals surface area contributed by atoms with Crippen molar-refractivity contribution in [3.63, 3.8) is 0 Å². The van der Waals surface area contributed by atoms with Gasteiger partial charge in [-0.15, -0.1) is 0 Å². The summed E-state index contributed by atoms with van der Waals surface area (Å²) in [6.45, 7) is 0.871. The maximum Gasteiger partial charge on any atom is 0.174 e. The van der Waals surface area contributed by atoms with Crippen LogP contribution in [-0.2, 0) is 16.6 Å². The van der Waals surface area contributed by atoms with Crippen molar-refractivity contribution in [2.24, 2.45) is 0 Å². The minimum absolute atomic E-state index is 0.0438. The normalized spacial score (nSPS) is 37.6. The number of ether oxygens (including phenoxy) is 2. The Hall–Kier alpha value is -1.34. The number of Topliss-reactive ketones (excluding diaryl/α,β-unsaturated/α-hetero) is 1. The lowest BCUT2D eigenvalue weighted by Gasteiger charge is -2.62. The Morgan fingerprint density at radius 3 is 2.84 bits per heavy atom. The SMILES string of the molecule is COc1ccc2c3c1O[C@H]1C(=O)CC[C@@]4(O)[C@@H](C2)N(C)CC[C@]314.OCl. The van der Waals surface area contributed by atoms with Crippen molar-refractivity contribution in [2.45, 2.75) is 48.8 Å². The molecule has 1 saturated heterocycles. The van der Waals surface area contributed by atoms with Gasteiger partial charge in [-0.2, -0.15) is 0 Å². The molecule has 0 amide bonds. The quantitative estimate of drug-likeness (QED) is 0.776. The Labute approximate surface area is 151 Å². The van der Waals surface area contributed by atoms with Crippen molar-refractivity contribution in [1.29, 1.82) is 0 Å². The van der Waals surface area contributed by atoms with E-state index in [1.807, 2.05) is 6.07 Å². The number of halogens is 1. The highest BCUT2D eigenvalue weighted by Crippen LogP contribution is 2.64. The first-order valence-electron chi connectivity index (χ1n) is 8.52. The first-order valence-corrected chi connectivity index (χ1v) is 8.86. The molecule has 4 aliphatic rings. The molecule has 2 aliphatic carbocycles. The molecule has 1 spiro atoms. The Morgan fingerprint density at radius 1 is 1.36 bits per heavy atom. The summed E-state index contributed by atoms with van der Waals surface area (Å²) in [4.78, 5) is 14.9. The Morgan fingerprint density at radius 2 is 2.12 bits per heavy atom. The van der Waals surface area contributed by atoms with Gasteiger partial charge < -0.3 is 19.5 Å². The van der Waals surface area contributed by atoms with Gasteiger partial charge in [0, 0.05) is 18.0 Å². The van der Waals surface area contributed by atoms with E-state index in [1.54, 1.807) is 7.11 Å². The Balaban J connectivity index is 0.000000758. The van der Waals surface area contributed by atoms with E-state index in [2.05, 4.69) is 29.9 Å². The Bertz CT molecular complexity index is 740. The molecule has 0 radical (unpaired) electrons. The van der Waals surface area contributed by atoms with Crippen molar-refractivity contribution >= 4 is 17.6 Å². The summed E-state index contributed by atoms with van der Waals surface area (Å²) in [6, 6.07) is 4.05. The van der Waals surface area contributed by atoms with Gasteiger partial charge in [0.05, 0.1) is 30.0 Å². The monoisotopic (exact) mass is 367 g/mol. The lowest BCUT2D eigenvalue weighted by molar-refractivity contribution is -0.185. The minimum atomic E-state index is -0.900. The standard InChI is InChI=1S/C18H21NO4.ClHO/c1-19-8-7-17-14-10-3-4-12(22-2)15(14)23-16(17)11(20)5-6-18(17,21)13(19)9-10;1-2/h3-4,13,16,21H,5-9H2,1-2H3;2H/t13-,16+,17+,18-;/m1./s1. The van der Waals surface area contributed by atoms with Gasteiger partial charge in [-0.3, -0.25) is 9.45 Å². The van der Waals surface area contributed by atoms with Crippen molar-refractivity contribution in [3.8, 4) is 11.5 Å². The number of likely N-dealkylation sites (tertiary alicyclic amines) is 1. The molecule has 25 heavy (non-hydrogen) atoms. The van der Waals surface area contributed by atoms with Crippen LogP contribution >= 0.6 is 11.9 Å². The first-order chi connectivity index (χ1) is 12.0. The molecule has 2 N–H and O–H groups in total. The van der Waals surface area contributed by atoms with E-state index in [-0.39, 0.29) is 11.8 Å². The van der Waals surface area contributed by atoms with E-state index in [0.29, 0.717) is 24.3 Å². The predicted molar refractivity (Wildman–Crippen MR) is 91.1 cm³/mol. The number of benzene rings is 1. The molecule has 0 aromatic heterocycles. The average molecular weight is 368 g/mol. The van der Waals surface area contributed by atoms with Crippen molar-refractivity contribution in [1.82, 2.24) is 4.90 Å². The largest absolute Gasteiger partial charge is 0.493 e. The van der Waals surface area contributed by atoms with Crippen LogP contribution in [0.3, 0.4) is 0 Å². The lowest BCUT2D eigenvalue weighted by Crippen LogP contribution is -2.76. The molecule has 136 valence electrons. The smallest absolute Gasteiger partial charge is 0.174 e. The van der Waals surface area contributed by atoms with Crippen LogP contribution in [-0.4, -0.2) is 58.9 Å². The molecule has 2 fully saturated rings. The van der Waals surface area contributed by atoms with E-state index in [1.165, 1.54) is 5.56 Å². The van der Waals surface area contributed by atoms with E-state index in [4.69, 9.17) is 14.1 Å². The van der Waals surface area contributed by atoms with Gasteiger partial charge in [-0.1, -0.05) is 6.07 Å². The van der Waals surface area contributed by atoms with E-state index < -0.39 is 17.1 Å². The molecule has 7 heteroatoms. The number of piperidine rings is 1. The van der Waals surface area contributed by atoms with Gasteiger partial charge in [0.2, 0.25) is 0 Å². The van der Waals surface area contributed by atoms with Crippen molar-refractivity contribution < 1.29 is 24.0 Å². The number of carbonyl (C=O) groups is 1. The maximum atomic E-state index is 12.7. The molecule has 2 heterocycles. The number of likely N-dealkylation sites (N-methyl/N-ethyl adjacent to an activating group) is 1. The highest BCUT2D eigenvalue weighted by molar-refractivity contribution is 6.04. The van der Waals surface area contributed by atoms with Crippen molar-refractivity contribution in [3.05, 3.63) is 23.3 Å². The molecule has 0 unspecified atom stereocenters.